The Morgan fingerprint density at radius 1 is 0.778 bits per heavy atom. The Morgan fingerprint density at radius 3 is 2.02 bits per heavy atom. The molecule has 5 rings (SSSR count). The first kappa shape index (κ1) is 31.4. The van der Waals surface area contributed by atoms with Gasteiger partial charge in [0.25, 0.3) is 5.91 Å². The van der Waals surface area contributed by atoms with Gasteiger partial charge in [-0.25, -0.2) is 4.79 Å². The standard InChI is InChI=1S/C32H25F4NO8/c33-31(34)32(35,36)45-27-14-22(11-12-26(27)44-31)24(38)15-23(21-10-5-17-3-1-2-4-20(17)13-21)28(40)18-6-8-19(9-7-18)29(41)37-16-25(39)30(42)43/h5-15,25,39H,1-4,16H2,(H,37,41)(H,42,43)/b23-15-/t25-/m1/s1. The highest BCUT2D eigenvalue weighted by atomic mass is 19.3. The van der Waals surface area contributed by atoms with Gasteiger partial charge in [-0.15, -0.1) is 0 Å². The average molecular weight is 628 g/mol. The Bertz CT molecular complexity index is 1720. The van der Waals surface area contributed by atoms with Gasteiger partial charge >= 0.3 is 18.2 Å². The zero-order chi connectivity index (χ0) is 32.5. The SMILES string of the molecule is O=C(/C=C(\C(=O)c1ccc(C(=O)NC[C@@H](O)C(=O)O)cc1)c1ccc2c(c1)CCCC2)c1ccc2c(c1)OC(F)(F)C(F)(F)O2. The number of hydrogen-bond acceptors (Lipinski definition) is 7. The van der Waals surface area contributed by atoms with Crippen molar-refractivity contribution in [2.45, 2.75) is 44.0 Å². The summed E-state index contributed by atoms with van der Waals surface area (Å²) in [6.07, 6.45) is -7.13. The van der Waals surface area contributed by atoms with Crippen molar-refractivity contribution < 1.29 is 56.4 Å². The van der Waals surface area contributed by atoms with E-state index < -0.39 is 59.8 Å². The number of aliphatic hydroxyl groups is 1. The van der Waals surface area contributed by atoms with Crippen LogP contribution in [-0.4, -0.2) is 58.5 Å². The van der Waals surface area contributed by atoms with Crippen LogP contribution < -0.4 is 14.8 Å². The number of nitrogens with one attached hydrogen (secondary N) is 1. The van der Waals surface area contributed by atoms with Crippen LogP contribution in [0.2, 0.25) is 0 Å². The van der Waals surface area contributed by atoms with Crippen molar-refractivity contribution >= 4 is 29.0 Å². The summed E-state index contributed by atoms with van der Waals surface area (Å²) in [5.41, 5.74) is 2.37. The van der Waals surface area contributed by atoms with Crippen LogP contribution in [0.4, 0.5) is 17.6 Å². The third-order valence-electron chi connectivity index (χ3n) is 7.37. The van der Waals surface area contributed by atoms with Gasteiger partial charge in [0.05, 0.1) is 6.54 Å². The number of aryl methyl sites for hydroxylation is 2. The quantitative estimate of drug-likeness (QED) is 0.174. The number of carboxylic acids is 1. The van der Waals surface area contributed by atoms with E-state index in [-0.39, 0.29) is 22.3 Å². The second-order valence-corrected chi connectivity index (χ2v) is 10.5. The highest BCUT2D eigenvalue weighted by Gasteiger charge is 2.66. The van der Waals surface area contributed by atoms with Crippen molar-refractivity contribution in [2.75, 3.05) is 6.54 Å². The third kappa shape index (κ3) is 6.58. The van der Waals surface area contributed by atoms with Gasteiger partial charge in [-0.05, 0) is 78.8 Å². The van der Waals surface area contributed by atoms with E-state index in [9.17, 15) is 41.8 Å². The molecule has 0 spiro atoms. The van der Waals surface area contributed by atoms with E-state index in [0.717, 1.165) is 61.1 Å². The second kappa shape index (κ2) is 12.2. The Balaban J connectivity index is 1.46. The number of alkyl halides is 4. The number of fused-ring (bicyclic) bond motifs is 2. The maximum Gasteiger partial charge on any atom is 0.507 e. The summed E-state index contributed by atoms with van der Waals surface area (Å²) < 4.78 is 62.8. The molecule has 1 atom stereocenters. The van der Waals surface area contributed by atoms with E-state index >= 15 is 0 Å². The largest absolute Gasteiger partial charge is 0.507 e. The Labute approximate surface area is 253 Å². The van der Waals surface area contributed by atoms with Gasteiger partial charge in [-0.1, -0.05) is 30.3 Å². The highest BCUT2D eigenvalue weighted by Crippen LogP contribution is 2.47. The van der Waals surface area contributed by atoms with Crippen molar-refractivity contribution in [3.63, 3.8) is 0 Å². The van der Waals surface area contributed by atoms with Gasteiger partial charge in [0, 0.05) is 22.3 Å². The molecule has 0 saturated carbocycles. The second-order valence-electron chi connectivity index (χ2n) is 10.5. The molecule has 3 aromatic carbocycles. The molecule has 45 heavy (non-hydrogen) atoms. The summed E-state index contributed by atoms with van der Waals surface area (Å²) in [5.74, 6) is -5.11. The van der Waals surface area contributed by atoms with E-state index in [1.807, 2.05) is 6.07 Å². The van der Waals surface area contributed by atoms with Crippen LogP contribution in [0.3, 0.4) is 0 Å². The molecule has 3 N–H and O–H groups in total. The van der Waals surface area contributed by atoms with E-state index in [1.165, 1.54) is 24.3 Å². The number of allylic oxidation sites excluding steroid dienone is 2. The van der Waals surface area contributed by atoms with Crippen LogP contribution in [0.25, 0.3) is 5.57 Å². The minimum Gasteiger partial charge on any atom is -0.479 e. The molecule has 3 aromatic rings. The fourth-order valence-electron chi connectivity index (χ4n) is 4.92. The number of ketones is 2. The minimum absolute atomic E-state index is 0.0538. The maximum absolute atomic E-state index is 13.8. The molecule has 234 valence electrons. The number of halogens is 4. The number of aliphatic carboxylic acids is 1. The van der Waals surface area contributed by atoms with Crippen LogP contribution in [0.15, 0.2) is 66.7 Å². The molecule has 1 heterocycles. The van der Waals surface area contributed by atoms with Crippen molar-refractivity contribution in [3.05, 3.63) is 100 Å². The number of ether oxygens (including phenoxy) is 2. The normalized spacial score (nSPS) is 17.0. The van der Waals surface area contributed by atoms with Crippen molar-refractivity contribution in [1.29, 1.82) is 0 Å². The number of rotatable bonds is 9. The fraction of sp³-hybridized carbons (Fsp3) is 0.250. The zero-order valence-corrected chi connectivity index (χ0v) is 23.3. The van der Waals surface area contributed by atoms with Gasteiger partial charge < -0.3 is 25.0 Å². The molecule has 9 nitrogen and oxygen atoms in total. The lowest BCUT2D eigenvalue weighted by atomic mass is 9.87. The van der Waals surface area contributed by atoms with E-state index in [4.69, 9.17) is 5.11 Å². The molecule has 2 aliphatic rings. The lowest BCUT2D eigenvalue weighted by Gasteiger charge is -2.31. The third-order valence-corrected chi connectivity index (χ3v) is 7.37. The summed E-state index contributed by atoms with van der Waals surface area (Å²) in [7, 11) is 0. The van der Waals surface area contributed by atoms with Crippen LogP contribution in [-0.2, 0) is 17.6 Å². The van der Waals surface area contributed by atoms with Gasteiger partial charge in [0.15, 0.2) is 29.2 Å². The van der Waals surface area contributed by atoms with Crippen LogP contribution in [0.5, 0.6) is 11.5 Å². The summed E-state index contributed by atoms with van der Waals surface area (Å²) in [6, 6.07) is 13.4. The van der Waals surface area contributed by atoms with Crippen LogP contribution >= 0.6 is 0 Å². The van der Waals surface area contributed by atoms with Gasteiger partial charge in [0.1, 0.15) is 0 Å². The lowest BCUT2D eigenvalue weighted by Crippen LogP contribution is -2.52. The molecule has 0 radical (unpaired) electrons. The molecular weight excluding hydrogens is 602 g/mol. The van der Waals surface area contributed by atoms with Crippen molar-refractivity contribution in [1.82, 2.24) is 5.32 Å². The molecule has 0 unspecified atom stereocenters. The predicted molar refractivity (Wildman–Crippen MR) is 150 cm³/mol. The molecule has 1 aliphatic carbocycles. The number of aliphatic hydroxyl groups excluding tert-OH is 1. The molecule has 1 aliphatic heterocycles. The number of Topliss-reactive ketones (excluding diaryl/α,β-unsaturated/α-hetero) is 1. The van der Waals surface area contributed by atoms with Crippen LogP contribution in [0, 0.1) is 0 Å². The number of hydrogen-bond donors (Lipinski definition) is 3. The number of carboxylic acid groups (broad SMARTS) is 1. The fourth-order valence-corrected chi connectivity index (χ4v) is 4.92. The van der Waals surface area contributed by atoms with Crippen molar-refractivity contribution in [3.8, 4) is 11.5 Å². The number of carbonyl (C=O) groups excluding carboxylic acids is 3. The first-order valence-electron chi connectivity index (χ1n) is 13.8. The number of carbonyl (C=O) groups is 4. The predicted octanol–water partition coefficient (Wildman–Crippen LogP) is 4.85. The van der Waals surface area contributed by atoms with E-state index in [1.54, 1.807) is 12.1 Å². The van der Waals surface area contributed by atoms with Gasteiger partial charge in [0.2, 0.25) is 0 Å². The summed E-state index contributed by atoms with van der Waals surface area (Å²) in [6.45, 7) is -0.540. The smallest absolute Gasteiger partial charge is 0.479 e. The molecule has 0 fully saturated rings. The van der Waals surface area contributed by atoms with Gasteiger partial charge in [-0.2, -0.15) is 17.6 Å². The molecule has 1 amide bonds. The van der Waals surface area contributed by atoms with E-state index in [2.05, 4.69) is 14.8 Å². The highest BCUT2D eigenvalue weighted by molar-refractivity contribution is 6.32. The first-order valence-corrected chi connectivity index (χ1v) is 13.8. The first-order chi connectivity index (χ1) is 21.3. The maximum atomic E-state index is 13.8. The number of amides is 1. The Kier molecular flexibility index (Phi) is 8.48. The average Bonchev–Trinajstić information content (AvgIpc) is 3.01. The van der Waals surface area contributed by atoms with E-state index in [0.29, 0.717) is 5.56 Å². The topological polar surface area (TPSA) is 139 Å². The Hall–Kier alpha value is -5.04. The summed E-state index contributed by atoms with van der Waals surface area (Å²) >= 11 is 0. The number of benzene rings is 3. The summed E-state index contributed by atoms with van der Waals surface area (Å²) in [5, 5.41) is 20.4. The van der Waals surface area contributed by atoms with Crippen molar-refractivity contribution in [2.24, 2.45) is 0 Å². The molecule has 13 heteroatoms. The lowest BCUT2D eigenvalue weighted by molar-refractivity contribution is -0.391. The zero-order valence-electron chi connectivity index (χ0n) is 23.3. The molecular formula is C32H25F4NO8. The minimum atomic E-state index is -4.99. The van der Waals surface area contributed by atoms with Crippen LogP contribution in [0.1, 0.15) is 60.6 Å². The monoisotopic (exact) mass is 627 g/mol. The van der Waals surface area contributed by atoms with Gasteiger partial charge in [-0.3, -0.25) is 14.4 Å². The Morgan fingerprint density at radius 2 is 1.36 bits per heavy atom. The molecule has 0 bridgehead atoms. The summed E-state index contributed by atoms with van der Waals surface area (Å²) in [4.78, 5) is 50.3. The molecule has 0 aromatic heterocycles. The molecule has 0 saturated heterocycles.